The van der Waals surface area contributed by atoms with Gasteiger partial charge >= 0.3 is 5.97 Å². The summed E-state index contributed by atoms with van der Waals surface area (Å²) in [6, 6.07) is 5.68. The molecule has 1 aromatic rings. The molecule has 1 heterocycles. The van der Waals surface area contributed by atoms with Crippen LogP contribution in [0.5, 0.6) is 0 Å². The highest BCUT2D eigenvalue weighted by Gasteiger charge is 2.26. The van der Waals surface area contributed by atoms with E-state index in [0.717, 1.165) is 37.1 Å². The number of aliphatic carboxylic acids is 1. The maximum atomic E-state index is 11.1. The predicted octanol–water partition coefficient (Wildman–Crippen LogP) is 3.26. The Kier molecular flexibility index (Phi) is 4.25. The third-order valence-corrected chi connectivity index (χ3v) is 3.78. The Morgan fingerprint density at radius 3 is 2.67 bits per heavy atom. The Bertz CT molecular complexity index is 441. The van der Waals surface area contributed by atoms with Crippen LogP contribution in [-0.4, -0.2) is 29.1 Å². The van der Waals surface area contributed by atoms with Gasteiger partial charge in [0.25, 0.3) is 0 Å². The number of hydrogen-bond acceptors (Lipinski definition) is 2. The maximum Gasteiger partial charge on any atom is 0.305 e. The first-order valence-corrected chi connectivity index (χ1v) is 6.67. The fourth-order valence-electron chi connectivity index (χ4n) is 2.67. The highest BCUT2D eigenvalue weighted by Crippen LogP contribution is 2.31. The van der Waals surface area contributed by atoms with Crippen LogP contribution in [0.3, 0.4) is 0 Å². The summed E-state index contributed by atoms with van der Waals surface area (Å²) in [5.74, 6) is -0.749. The Balaban J connectivity index is 2.29. The van der Waals surface area contributed by atoms with Crippen molar-refractivity contribution in [3.8, 4) is 0 Å². The summed E-state index contributed by atoms with van der Waals surface area (Å²) in [7, 11) is 0. The average Bonchev–Trinajstić information content (AvgIpc) is 2.79. The lowest BCUT2D eigenvalue weighted by Gasteiger charge is -2.28. The quantitative estimate of drug-likeness (QED) is 0.910. The van der Waals surface area contributed by atoms with Crippen LogP contribution in [0.2, 0.25) is 5.02 Å². The van der Waals surface area contributed by atoms with E-state index in [1.54, 1.807) is 0 Å². The molecule has 1 fully saturated rings. The number of rotatable bonds is 4. The fourth-order valence-corrected chi connectivity index (χ4v) is 2.89. The second kappa shape index (κ2) is 5.72. The largest absolute Gasteiger partial charge is 0.481 e. The Labute approximate surface area is 112 Å². The summed E-state index contributed by atoms with van der Waals surface area (Å²) in [6.07, 6.45) is 2.47. The van der Waals surface area contributed by atoms with Gasteiger partial charge in [0.2, 0.25) is 0 Å². The van der Waals surface area contributed by atoms with Crippen molar-refractivity contribution in [3.63, 3.8) is 0 Å². The van der Waals surface area contributed by atoms with Gasteiger partial charge in [-0.1, -0.05) is 17.7 Å². The molecule has 4 heteroatoms. The molecule has 1 aliphatic heterocycles. The molecule has 0 bridgehead atoms. The van der Waals surface area contributed by atoms with Crippen molar-refractivity contribution in [1.82, 2.24) is 4.90 Å². The zero-order valence-electron chi connectivity index (χ0n) is 10.5. The standard InChI is InChI=1S/C14H18ClNO2/c1-10-8-11(15)4-5-12(10)13(9-14(17)18)16-6-2-3-7-16/h4-5,8,13H,2-3,6-7,9H2,1H3,(H,17,18). The van der Waals surface area contributed by atoms with Crippen LogP contribution >= 0.6 is 11.6 Å². The van der Waals surface area contributed by atoms with Crippen molar-refractivity contribution in [1.29, 1.82) is 0 Å². The van der Waals surface area contributed by atoms with Crippen molar-refractivity contribution in [2.75, 3.05) is 13.1 Å². The smallest absolute Gasteiger partial charge is 0.305 e. The van der Waals surface area contributed by atoms with E-state index >= 15 is 0 Å². The van der Waals surface area contributed by atoms with Crippen LogP contribution in [0.25, 0.3) is 0 Å². The van der Waals surface area contributed by atoms with Gasteiger partial charge in [-0.3, -0.25) is 9.69 Å². The molecular weight excluding hydrogens is 250 g/mol. The molecule has 0 aliphatic carbocycles. The first-order valence-electron chi connectivity index (χ1n) is 6.30. The van der Waals surface area contributed by atoms with Gasteiger partial charge in [-0.25, -0.2) is 0 Å². The summed E-state index contributed by atoms with van der Waals surface area (Å²) in [5.41, 5.74) is 2.16. The van der Waals surface area contributed by atoms with Crippen molar-refractivity contribution in [2.45, 2.75) is 32.2 Å². The number of halogens is 1. The van der Waals surface area contributed by atoms with Crippen LogP contribution in [0.15, 0.2) is 18.2 Å². The number of carboxylic acids is 1. The Hall–Kier alpha value is -1.06. The molecule has 1 unspecified atom stereocenters. The number of carboxylic acid groups (broad SMARTS) is 1. The first kappa shape index (κ1) is 13.4. The van der Waals surface area contributed by atoms with Crippen molar-refractivity contribution < 1.29 is 9.90 Å². The average molecular weight is 268 g/mol. The molecule has 0 amide bonds. The van der Waals surface area contributed by atoms with E-state index in [1.807, 2.05) is 25.1 Å². The lowest BCUT2D eigenvalue weighted by Crippen LogP contribution is -2.28. The van der Waals surface area contributed by atoms with E-state index in [1.165, 1.54) is 0 Å². The predicted molar refractivity (Wildman–Crippen MR) is 72.0 cm³/mol. The fraction of sp³-hybridized carbons (Fsp3) is 0.500. The molecule has 0 spiro atoms. The minimum Gasteiger partial charge on any atom is -0.481 e. The van der Waals surface area contributed by atoms with Gasteiger partial charge in [0, 0.05) is 11.1 Å². The summed E-state index contributed by atoms with van der Waals surface area (Å²) < 4.78 is 0. The summed E-state index contributed by atoms with van der Waals surface area (Å²) in [6.45, 7) is 3.96. The molecular formula is C14H18ClNO2. The van der Waals surface area contributed by atoms with Crippen LogP contribution in [0.1, 0.15) is 36.4 Å². The summed E-state index contributed by atoms with van der Waals surface area (Å²) >= 11 is 5.96. The van der Waals surface area contributed by atoms with Gasteiger partial charge in [-0.05, 0) is 56.1 Å². The molecule has 1 saturated heterocycles. The molecule has 1 atom stereocenters. The summed E-state index contributed by atoms with van der Waals surface area (Å²) in [4.78, 5) is 13.3. The van der Waals surface area contributed by atoms with E-state index in [9.17, 15) is 4.79 Å². The summed E-state index contributed by atoms with van der Waals surface area (Å²) in [5, 5.41) is 9.80. The number of aryl methyl sites for hydroxylation is 1. The third-order valence-electron chi connectivity index (χ3n) is 3.54. The van der Waals surface area contributed by atoms with E-state index in [0.29, 0.717) is 5.02 Å². The maximum absolute atomic E-state index is 11.1. The zero-order valence-corrected chi connectivity index (χ0v) is 11.3. The van der Waals surface area contributed by atoms with Crippen LogP contribution < -0.4 is 0 Å². The molecule has 0 radical (unpaired) electrons. The second-order valence-corrected chi connectivity index (χ2v) is 5.29. The minimum atomic E-state index is -0.749. The molecule has 1 aliphatic rings. The van der Waals surface area contributed by atoms with Gasteiger partial charge in [-0.2, -0.15) is 0 Å². The van der Waals surface area contributed by atoms with Crippen LogP contribution in [-0.2, 0) is 4.79 Å². The van der Waals surface area contributed by atoms with Gasteiger partial charge in [-0.15, -0.1) is 0 Å². The van der Waals surface area contributed by atoms with Crippen molar-refractivity contribution in [3.05, 3.63) is 34.3 Å². The number of likely N-dealkylation sites (tertiary alicyclic amines) is 1. The molecule has 0 saturated carbocycles. The highest BCUT2D eigenvalue weighted by molar-refractivity contribution is 6.30. The number of hydrogen-bond donors (Lipinski definition) is 1. The SMILES string of the molecule is Cc1cc(Cl)ccc1C(CC(=O)O)N1CCCC1. The monoisotopic (exact) mass is 267 g/mol. The topological polar surface area (TPSA) is 40.5 Å². The lowest BCUT2D eigenvalue weighted by molar-refractivity contribution is -0.138. The zero-order chi connectivity index (χ0) is 13.1. The van der Waals surface area contributed by atoms with Crippen molar-refractivity contribution >= 4 is 17.6 Å². The molecule has 18 heavy (non-hydrogen) atoms. The number of benzene rings is 1. The lowest BCUT2D eigenvalue weighted by atomic mass is 9.97. The molecule has 98 valence electrons. The number of nitrogens with zero attached hydrogens (tertiary/aromatic N) is 1. The highest BCUT2D eigenvalue weighted by atomic mass is 35.5. The normalized spacial score (nSPS) is 17.9. The van der Waals surface area contributed by atoms with Gasteiger partial charge in [0.15, 0.2) is 0 Å². The minimum absolute atomic E-state index is 0.0257. The van der Waals surface area contributed by atoms with E-state index in [2.05, 4.69) is 4.90 Å². The van der Waals surface area contributed by atoms with Gasteiger partial charge < -0.3 is 5.11 Å². The molecule has 1 aromatic carbocycles. The third kappa shape index (κ3) is 3.03. The van der Waals surface area contributed by atoms with E-state index in [-0.39, 0.29) is 12.5 Å². The van der Waals surface area contributed by atoms with Gasteiger partial charge in [0.05, 0.1) is 6.42 Å². The second-order valence-electron chi connectivity index (χ2n) is 4.86. The van der Waals surface area contributed by atoms with Gasteiger partial charge in [0.1, 0.15) is 0 Å². The molecule has 0 aromatic heterocycles. The Morgan fingerprint density at radius 2 is 2.11 bits per heavy atom. The molecule has 2 rings (SSSR count). The first-order chi connectivity index (χ1) is 8.58. The van der Waals surface area contributed by atoms with Crippen LogP contribution in [0.4, 0.5) is 0 Å². The number of carbonyl (C=O) groups is 1. The molecule has 3 nitrogen and oxygen atoms in total. The Morgan fingerprint density at radius 1 is 1.44 bits per heavy atom. The molecule has 1 N–H and O–H groups in total. The van der Waals surface area contributed by atoms with Crippen LogP contribution in [0, 0.1) is 6.92 Å². The van der Waals surface area contributed by atoms with Crippen molar-refractivity contribution in [2.24, 2.45) is 0 Å². The van der Waals surface area contributed by atoms with E-state index < -0.39 is 5.97 Å². The van der Waals surface area contributed by atoms with E-state index in [4.69, 9.17) is 16.7 Å².